The second kappa shape index (κ2) is 10.1. The Morgan fingerprint density at radius 1 is 1.26 bits per heavy atom. The van der Waals surface area contributed by atoms with Crippen LogP contribution < -0.4 is 10.2 Å². The van der Waals surface area contributed by atoms with Gasteiger partial charge in [-0.1, -0.05) is 18.5 Å². The molecular weight excluding hydrogens is 481 g/mol. The fraction of sp³-hybridized carbons (Fsp3) is 0.360. The number of rotatable bonds is 8. The molecule has 0 amide bonds. The van der Waals surface area contributed by atoms with Gasteiger partial charge in [0.25, 0.3) is 0 Å². The number of aromatic carboxylic acids is 1. The lowest BCUT2D eigenvalue weighted by molar-refractivity contribution is 0.0407. The van der Waals surface area contributed by atoms with E-state index in [0.717, 1.165) is 0 Å². The van der Waals surface area contributed by atoms with E-state index in [4.69, 9.17) is 30.5 Å². The Morgan fingerprint density at radius 2 is 2.03 bits per heavy atom. The molecule has 1 aromatic heterocycles. The molecule has 3 unspecified atom stereocenters. The Bertz CT molecular complexity index is 1270. The molecule has 0 radical (unpaired) electrons. The van der Waals surface area contributed by atoms with Crippen LogP contribution in [0.3, 0.4) is 0 Å². The molecular formula is C25H25ClFNO7. The highest BCUT2D eigenvalue weighted by Crippen LogP contribution is 2.49. The average molecular weight is 506 g/mol. The minimum Gasteiger partial charge on any atom is -0.497 e. The number of ether oxygens (including phenoxy) is 4. The number of methoxy groups -OCH3 is 2. The monoisotopic (exact) mass is 505 g/mol. The maximum Gasteiger partial charge on any atom is 0.341 e. The first-order chi connectivity index (χ1) is 16.8. The zero-order chi connectivity index (χ0) is 25.3. The molecule has 1 aromatic carbocycles. The van der Waals surface area contributed by atoms with Gasteiger partial charge in [0.2, 0.25) is 6.23 Å². The van der Waals surface area contributed by atoms with Crippen molar-refractivity contribution < 1.29 is 33.2 Å². The van der Waals surface area contributed by atoms with Gasteiger partial charge in [-0.15, -0.1) is 0 Å². The molecule has 1 aliphatic heterocycles. The first-order valence-electron chi connectivity index (χ1n) is 11.0. The van der Waals surface area contributed by atoms with Crippen LogP contribution in [0.5, 0.6) is 5.75 Å². The van der Waals surface area contributed by atoms with E-state index in [1.165, 1.54) is 36.1 Å². The number of halogens is 2. The summed E-state index contributed by atoms with van der Waals surface area (Å²) in [5.41, 5.74) is -0.507. The highest BCUT2D eigenvalue weighted by atomic mass is 35.5. The third kappa shape index (κ3) is 4.66. The molecule has 2 heterocycles. The number of carboxylic acid groups (broad SMARTS) is 1. The van der Waals surface area contributed by atoms with Gasteiger partial charge in [-0.25, -0.2) is 9.18 Å². The van der Waals surface area contributed by atoms with Crippen molar-refractivity contribution in [3.05, 3.63) is 86.0 Å². The Balaban J connectivity index is 1.84. The van der Waals surface area contributed by atoms with E-state index in [9.17, 15) is 14.7 Å². The molecule has 0 spiro atoms. The van der Waals surface area contributed by atoms with Crippen LogP contribution in [0.4, 0.5) is 4.39 Å². The van der Waals surface area contributed by atoms with Crippen molar-refractivity contribution >= 4 is 17.6 Å². The molecule has 8 nitrogen and oxygen atoms in total. The first kappa shape index (κ1) is 24.8. The van der Waals surface area contributed by atoms with Crippen LogP contribution in [0.15, 0.2) is 57.9 Å². The summed E-state index contributed by atoms with van der Waals surface area (Å²) in [6, 6.07) is 5.54. The van der Waals surface area contributed by atoms with Gasteiger partial charge in [-0.05, 0) is 12.1 Å². The number of aromatic nitrogens is 1. The highest BCUT2D eigenvalue weighted by molar-refractivity contribution is 6.30. The average Bonchev–Trinajstić information content (AvgIpc) is 2.83. The summed E-state index contributed by atoms with van der Waals surface area (Å²) < 4.78 is 38.8. The van der Waals surface area contributed by atoms with Crippen LogP contribution in [0, 0.1) is 11.7 Å². The van der Waals surface area contributed by atoms with Crippen molar-refractivity contribution in [2.24, 2.45) is 5.92 Å². The summed E-state index contributed by atoms with van der Waals surface area (Å²) in [6.45, 7) is 2.75. The Labute approximate surface area is 206 Å². The number of fused-ring (bicyclic) bond motifs is 3. The number of nitrogens with zero attached hydrogens (tertiary/aromatic N) is 1. The van der Waals surface area contributed by atoms with Gasteiger partial charge < -0.3 is 28.6 Å². The van der Waals surface area contributed by atoms with Gasteiger partial charge >= 0.3 is 5.97 Å². The zero-order valence-electron chi connectivity index (χ0n) is 19.4. The molecule has 10 heteroatoms. The summed E-state index contributed by atoms with van der Waals surface area (Å²) in [4.78, 5) is 24.3. The SMILES string of the molecule is COCCCOC1=C(Cl)C(C)C2C(=C1)OC(c1ccc(OC)cc1F)n1cc(C(=O)O)c(=O)cc12. The van der Waals surface area contributed by atoms with E-state index >= 15 is 4.39 Å². The quantitative estimate of drug-likeness (QED) is 0.531. The Morgan fingerprint density at radius 3 is 2.69 bits per heavy atom. The van der Waals surface area contributed by atoms with Gasteiger partial charge in [0.05, 0.1) is 24.7 Å². The number of hydrogen-bond acceptors (Lipinski definition) is 6. The zero-order valence-corrected chi connectivity index (χ0v) is 20.2. The predicted octanol–water partition coefficient (Wildman–Crippen LogP) is 4.39. The molecule has 186 valence electrons. The van der Waals surface area contributed by atoms with Crippen molar-refractivity contribution in [2.45, 2.75) is 25.5 Å². The summed E-state index contributed by atoms with van der Waals surface area (Å²) in [7, 11) is 3.03. The van der Waals surface area contributed by atoms with E-state index < -0.39 is 34.9 Å². The second-order valence-electron chi connectivity index (χ2n) is 8.27. The predicted molar refractivity (Wildman–Crippen MR) is 125 cm³/mol. The van der Waals surface area contributed by atoms with Gasteiger partial charge in [-0.3, -0.25) is 4.79 Å². The number of allylic oxidation sites excluding steroid dienone is 3. The number of carboxylic acids is 1. The van der Waals surface area contributed by atoms with Crippen LogP contribution >= 0.6 is 11.6 Å². The Hall–Kier alpha value is -3.30. The number of pyridine rings is 1. The van der Waals surface area contributed by atoms with E-state index in [0.29, 0.717) is 47.6 Å². The molecule has 3 atom stereocenters. The summed E-state index contributed by atoms with van der Waals surface area (Å²) in [5, 5.41) is 9.96. The molecule has 1 N–H and O–H groups in total. The van der Waals surface area contributed by atoms with E-state index in [1.54, 1.807) is 19.3 Å². The third-order valence-electron chi connectivity index (χ3n) is 6.10. The normalized spacial score (nSPS) is 20.9. The Kier molecular flexibility index (Phi) is 7.18. The van der Waals surface area contributed by atoms with Crippen molar-refractivity contribution in [1.82, 2.24) is 4.57 Å². The van der Waals surface area contributed by atoms with Crippen molar-refractivity contribution in [2.75, 3.05) is 27.4 Å². The molecule has 0 fully saturated rings. The maximum atomic E-state index is 15.1. The van der Waals surface area contributed by atoms with Crippen molar-refractivity contribution in [1.29, 1.82) is 0 Å². The van der Waals surface area contributed by atoms with Gasteiger partial charge in [0.15, 0.2) is 5.43 Å². The van der Waals surface area contributed by atoms with Gasteiger partial charge in [0, 0.05) is 61.7 Å². The molecule has 35 heavy (non-hydrogen) atoms. The molecule has 2 aliphatic rings. The minimum atomic E-state index is -1.39. The largest absolute Gasteiger partial charge is 0.497 e. The fourth-order valence-corrected chi connectivity index (χ4v) is 4.56. The second-order valence-corrected chi connectivity index (χ2v) is 8.67. The first-order valence-corrected chi connectivity index (χ1v) is 11.4. The van der Waals surface area contributed by atoms with Crippen LogP contribution in [0.2, 0.25) is 0 Å². The molecule has 2 aromatic rings. The topological polar surface area (TPSA) is 96.2 Å². The van der Waals surface area contributed by atoms with Gasteiger partial charge in [0.1, 0.15) is 28.6 Å². The van der Waals surface area contributed by atoms with Gasteiger partial charge in [-0.2, -0.15) is 0 Å². The smallest absolute Gasteiger partial charge is 0.341 e. The molecule has 0 saturated heterocycles. The lowest BCUT2D eigenvalue weighted by Crippen LogP contribution is -2.35. The summed E-state index contributed by atoms with van der Waals surface area (Å²) in [5.74, 6) is -1.66. The van der Waals surface area contributed by atoms with Crippen LogP contribution in [0.1, 0.15) is 47.1 Å². The lowest BCUT2D eigenvalue weighted by Gasteiger charge is -2.41. The van der Waals surface area contributed by atoms with Crippen LogP contribution in [-0.4, -0.2) is 43.1 Å². The van der Waals surface area contributed by atoms with Crippen molar-refractivity contribution in [3.8, 4) is 5.75 Å². The van der Waals surface area contributed by atoms with Crippen LogP contribution in [-0.2, 0) is 14.2 Å². The standard InChI is InChI=1S/C25H25ClFNO7/c1-13-22-18-10-19(29)16(25(30)31)12-28(18)24(15-6-5-14(33-3)9-17(15)27)35-20(22)11-21(23(13)26)34-8-4-7-32-2/h5-6,9-13,22,24H,4,7-8H2,1-3H3,(H,30,31). The van der Waals surface area contributed by atoms with E-state index in [1.807, 2.05) is 6.92 Å². The summed E-state index contributed by atoms with van der Waals surface area (Å²) in [6.07, 6.45) is 2.41. The third-order valence-corrected chi connectivity index (χ3v) is 6.63. The lowest BCUT2D eigenvalue weighted by atomic mass is 9.82. The minimum absolute atomic E-state index is 0.141. The maximum absolute atomic E-state index is 15.1. The van der Waals surface area contributed by atoms with E-state index in [2.05, 4.69) is 0 Å². The summed E-state index contributed by atoms with van der Waals surface area (Å²) >= 11 is 6.63. The van der Waals surface area contributed by atoms with E-state index in [-0.39, 0.29) is 11.5 Å². The number of benzene rings is 1. The fourth-order valence-electron chi connectivity index (χ4n) is 4.32. The molecule has 4 rings (SSSR count). The number of carbonyl (C=O) groups is 1. The highest BCUT2D eigenvalue weighted by Gasteiger charge is 2.41. The molecule has 1 aliphatic carbocycles. The van der Waals surface area contributed by atoms with Crippen molar-refractivity contribution in [3.63, 3.8) is 0 Å². The van der Waals surface area contributed by atoms with Crippen LogP contribution in [0.25, 0.3) is 0 Å². The molecule has 0 saturated carbocycles. The molecule has 0 bridgehead atoms. The number of hydrogen-bond donors (Lipinski definition) is 1.